The number of ether oxygens (including phenoxy) is 1. The Bertz CT molecular complexity index is 601. The van der Waals surface area contributed by atoms with Crippen LogP contribution < -0.4 is 4.74 Å². The predicted octanol–water partition coefficient (Wildman–Crippen LogP) is 1.51. The molecule has 0 aliphatic rings. The number of methoxy groups -OCH3 is 1. The van der Waals surface area contributed by atoms with Crippen LogP contribution in [0.4, 0.5) is 11.4 Å². The van der Waals surface area contributed by atoms with Gasteiger partial charge in [0, 0.05) is 6.04 Å². The van der Waals surface area contributed by atoms with E-state index >= 15 is 0 Å². The first-order valence-corrected chi connectivity index (χ1v) is 3.09. The van der Waals surface area contributed by atoms with Gasteiger partial charge >= 0.3 is 5.69 Å². The van der Waals surface area contributed by atoms with Gasteiger partial charge in [0.15, 0.2) is 5.75 Å². The first kappa shape index (κ1) is 4.36. The largest absolute Gasteiger partial charge is 0.490 e. The maximum atomic E-state index is 10.8. The van der Waals surface area contributed by atoms with Gasteiger partial charge < -0.3 is 4.74 Å². The maximum Gasteiger partial charge on any atom is 0.317 e. The highest BCUT2D eigenvalue weighted by Crippen LogP contribution is 2.30. The van der Waals surface area contributed by atoms with Crippen molar-refractivity contribution in [3.05, 3.63) is 38.4 Å². The number of hydrogen-bond acceptors (Lipinski definition) is 5. The molecule has 0 amide bonds. The molecule has 7 heteroatoms. The normalized spacial score (nSPS) is 16.6. The van der Waals surface area contributed by atoms with E-state index in [9.17, 15) is 20.2 Å². The monoisotopic (exact) mass is 204 g/mol. The van der Waals surface area contributed by atoms with E-state index in [-0.39, 0.29) is 0 Å². The Labute approximate surface area is 86.6 Å². The van der Waals surface area contributed by atoms with Crippen LogP contribution >= 0.6 is 0 Å². The first-order valence-electron chi connectivity index (χ1n) is 6.09. The first-order chi connectivity index (χ1) is 8.97. The molecular weight excluding hydrogens is 192 g/mol. The Morgan fingerprint density at radius 1 is 1.43 bits per heavy atom. The summed E-state index contributed by atoms with van der Waals surface area (Å²) < 4.78 is 46.8. The van der Waals surface area contributed by atoms with E-state index in [4.69, 9.17) is 8.22 Å². The lowest BCUT2D eigenvalue weighted by Crippen LogP contribution is -1.95. The van der Waals surface area contributed by atoms with Gasteiger partial charge in [0.1, 0.15) is 0 Å². The van der Waals surface area contributed by atoms with Crippen molar-refractivity contribution in [1.82, 2.24) is 0 Å². The number of nitrogens with zero attached hydrogens (tertiary/aromatic N) is 2. The molecule has 0 fully saturated rings. The van der Waals surface area contributed by atoms with Crippen molar-refractivity contribution in [1.29, 1.82) is 0 Å². The van der Waals surface area contributed by atoms with Crippen molar-refractivity contribution in [2.75, 3.05) is 7.04 Å². The Morgan fingerprint density at radius 3 is 2.64 bits per heavy atom. The summed E-state index contributed by atoms with van der Waals surface area (Å²) in [6, 6.07) is -3.57. The summed E-state index contributed by atoms with van der Waals surface area (Å²) in [6.07, 6.45) is 0. The van der Waals surface area contributed by atoms with Crippen LogP contribution in [0.2, 0.25) is 0 Å². The molecule has 0 atom stereocenters. The zero-order valence-corrected chi connectivity index (χ0v) is 6.44. The van der Waals surface area contributed by atoms with Gasteiger partial charge in [0.25, 0.3) is 5.69 Å². The number of rotatable bonds is 3. The molecular formula is C7H6N2O5. The second-order valence-electron chi connectivity index (χ2n) is 2.02. The second-order valence-corrected chi connectivity index (χ2v) is 2.02. The Morgan fingerprint density at radius 2 is 2.14 bits per heavy atom. The van der Waals surface area contributed by atoms with Crippen LogP contribution in [0, 0.1) is 20.2 Å². The highest BCUT2D eigenvalue weighted by Gasteiger charge is 2.19. The van der Waals surface area contributed by atoms with E-state index in [1.165, 1.54) is 0 Å². The van der Waals surface area contributed by atoms with Gasteiger partial charge in [-0.3, -0.25) is 20.2 Å². The fourth-order valence-electron chi connectivity index (χ4n) is 0.669. The lowest BCUT2D eigenvalue weighted by Gasteiger charge is -1.99. The third-order valence-electron chi connectivity index (χ3n) is 1.21. The van der Waals surface area contributed by atoms with Crippen LogP contribution in [0.25, 0.3) is 0 Å². The van der Waals surface area contributed by atoms with E-state index < -0.39 is 52.1 Å². The molecule has 74 valence electrons. The van der Waals surface area contributed by atoms with Gasteiger partial charge in [-0.25, -0.2) is 0 Å². The lowest BCUT2D eigenvalue weighted by molar-refractivity contribution is -0.394. The van der Waals surface area contributed by atoms with Gasteiger partial charge in [-0.05, 0) is 6.04 Å². The van der Waals surface area contributed by atoms with E-state index in [0.717, 1.165) is 0 Å². The van der Waals surface area contributed by atoms with Crippen LogP contribution in [0.5, 0.6) is 5.75 Å². The Kier molecular flexibility index (Phi) is 1.15. The highest BCUT2D eigenvalue weighted by molar-refractivity contribution is 5.53. The van der Waals surface area contributed by atoms with Crippen LogP contribution in [0.3, 0.4) is 0 Å². The third kappa shape index (κ3) is 1.76. The maximum absolute atomic E-state index is 10.8. The average molecular weight is 204 g/mol. The minimum atomic E-state index is -3.17. The predicted molar refractivity (Wildman–Crippen MR) is 46.3 cm³/mol. The quantitative estimate of drug-likeness (QED) is 0.549. The van der Waals surface area contributed by atoms with Crippen LogP contribution in [0.15, 0.2) is 18.1 Å². The molecule has 7 nitrogen and oxygen atoms in total. The van der Waals surface area contributed by atoms with Gasteiger partial charge in [-0.2, -0.15) is 0 Å². The SMILES string of the molecule is [2H]c1c([2H])c([N+](=O)[O-])c([2H])c([N+](=O)[O-])c1OC([2H])([2H])[2H]. The van der Waals surface area contributed by atoms with Crippen molar-refractivity contribution < 1.29 is 22.8 Å². The van der Waals surface area contributed by atoms with Crippen molar-refractivity contribution in [2.24, 2.45) is 0 Å². The smallest absolute Gasteiger partial charge is 0.317 e. The van der Waals surface area contributed by atoms with Crippen LogP contribution in [-0.2, 0) is 0 Å². The van der Waals surface area contributed by atoms with E-state index in [2.05, 4.69) is 4.74 Å². The number of nitro groups is 2. The van der Waals surface area contributed by atoms with Crippen molar-refractivity contribution in [3.8, 4) is 5.75 Å². The fourth-order valence-corrected chi connectivity index (χ4v) is 0.669. The molecule has 1 aromatic carbocycles. The van der Waals surface area contributed by atoms with E-state index in [1.807, 2.05) is 0 Å². The molecule has 0 saturated heterocycles. The molecule has 0 aliphatic carbocycles. The third-order valence-corrected chi connectivity index (χ3v) is 1.21. The Balaban J connectivity index is 3.76. The minimum Gasteiger partial charge on any atom is -0.490 e. The second kappa shape index (κ2) is 3.69. The summed E-state index contributed by atoms with van der Waals surface area (Å²) in [4.78, 5) is 19.0. The zero-order valence-electron chi connectivity index (χ0n) is 12.4. The van der Waals surface area contributed by atoms with Gasteiger partial charge in [-0.15, -0.1) is 0 Å². The standard InChI is InChI=1S/C7H6N2O5/c1-14-7-3-2-5(8(10)11)4-6(7)9(12)13/h2-4H,1H3/i1D3,2D,3D,4D. The molecule has 0 N–H and O–H groups in total. The molecule has 0 heterocycles. The van der Waals surface area contributed by atoms with Crippen LogP contribution in [-0.4, -0.2) is 16.9 Å². The zero-order chi connectivity index (χ0) is 15.8. The molecule has 0 aromatic heterocycles. The van der Waals surface area contributed by atoms with Crippen LogP contribution in [0.1, 0.15) is 8.22 Å². The summed E-state index contributed by atoms with van der Waals surface area (Å²) in [6.45, 7) is 0. The summed E-state index contributed by atoms with van der Waals surface area (Å²) in [5.74, 6) is -1.17. The summed E-state index contributed by atoms with van der Waals surface area (Å²) >= 11 is 0. The summed E-state index contributed by atoms with van der Waals surface area (Å²) in [5, 5.41) is 21.5. The topological polar surface area (TPSA) is 95.5 Å². The molecule has 0 unspecified atom stereocenters. The Hall–Kier alpha value is -2.18. The van der Waals surface area contributed by atoms with Crippen molar-refractivity contribution >= 4 is 11.4 Å². The number of hydrogen-bond donors (Lipinski definition) is 0. The minimum absolute atomic E-state index is 1.13. The van der Waals surface area contributed by atoms with Crippen molar-refractivity contribution in [3.63, 3.8) is 0 Å². The molecule has 0 spiro atoms. The van der Waals surface area contributed by atoms with E-state index in [1.54, 1.807) is 0 Å². The number of benzene rings is 1. The molecule has 1 rings (SSSR count). The average Bonchev–Trinajstić information content (AvgIpc) is 2.22. The van der Waals surface area contributed by atoms with Gasteiger partial charge in [-0.1, -0.05) is 0 Å². The number of nitro benzene ring substituents is 2. The molecule has 0 aliphatic heterocycles. The molecule has 0 bridgehead atoms. The fraction of sp³-hybridized carbons (Fsp3) is 0.143. The van der Waals surface area contributed by atoms with Gasteiger partial charge in [0.2, 0.25) is 0 Å². The molecule has 0 radical (unpaired) electrons. The lowest BCUT2D eigenvalue weighted by atomic mass is 10.2. The van der Waals surface area contributed by atoms with Crippen molar-refractivity contribution in [2.45, 2.75) is 0 Å². The molecule has 14 heavy (non-hydrogen) atoms. The molecule has 1 aromatic rings. The summed E-state index contributed by atoms with van der Waals surface area (Å²) in [7, 11) is -3.17. The van der Waals surface area contributed by atoms with Gasteiger partial charge in [0.05, 0.1) is 31.2 Å². The molecule has 0 saturated carbocycles. The highest BCUT2D eigenvalue weighted by atomic mass is 16.6. The van der Waals surface area contributed by atoms with E-state index in [0.29, 0.717) is 0 Å². The summed E-state index contributed by atoms with van der Waals surface area (Å²) in [5.41, 5.74) is -2.60.